The average Bonchev–Trinajstić information content (AvgIpc) is 2.37. The topological polar surface area (TPSA) is 33.1 Å². The Labute approximate surface area is 112 Å². The molecule has 0 saturated carbocycles. The first-order valence-electron chi connectivity index (χ1n) is 6.03. The van der Waals surface area contributed by atoms with E-state index in [1.165, 1.54) is 0 Å². The monoisotopic (exact) mass is 261 g/mol. The highest BCUT2D eigenvalue weighted by Gasteiger charge is 2.16. The number of rotatable bonds is 4. The van der Waals surface area contributed by atoms with Crippen molar-refractivity contribution in [2.45, 2.75) is 25.7 Å². The fourth-order valence-electron chi connectivity index (χ4n) is 2.22. The number of aromatic hydroxyl groups is 1. The van der Waals surface area contributed by atoms with Crippen LogP contribution in [0.25, 0.3) is 10.9 Å². The Hall–Kier alpha value is -1.54. The number of hydrogen-bond acceptors (Lipinski definition) is 2. The zero-order valence-corrected chi connectivity index (χ0v) is 11.1. The summed E-state index contributed by atoms with van der Waals surface area (Å²) in [5, 5.41) is 11.9. The highest BCUT2D eigenvalue weighted by atomic mass is 35.5. The number of phenols is 1. The van der Waals surface area contributed by atoms with E-state index < -0.39 is 0 Å². The van der Waals surface area contributed by atoms with Gasteiger partial charge < -0.3 is 5.11 Å². The molecule has 0 fully saturated rings. The standard InChI is InChI=1S/C15H16ClNO/c1-3-11(9-10(2)16)13-7-6-12-5-4-8-17-14(12)15(13)18/h4-8,11,18H,2-3,9H2,1H3. The van der Waals surface area contributed by atoms with E-state index in [0.717, 1.165) is 17.4 Å². The quantitative estimate of drug-likeness (QED) is 0.874. The summed E-state index contributed by atoms with van der Waals surface area (Å²) in [6.07, 6.45) is 3.26. The molecular formula is C15H16ClNO. The molecule has 0 aliphatic heterocycles. The van der Waals surface area contributed by atoms with Gasteiger partial charge in [0, 0.05) is 16.6 Å². The molecule has 2 nitrogen and oxygen atoms in total. The fraction of sp³-hybridized carbons (Fsp3) is 0.267. The van der Waals surface area contributed by atoms with Gasteiger partial charge in [0.15, 0.2) is 0 Å². The number of nitrogens with zero attached hydrogens (tertiary/aromatic N) is 1. The van der Waals surface area contributed by atoms with Crippen molar-refractivity contribution >= 4 is 22.5 Å². The van der Waals surface area contributed by atoms with Crippen LogP contribution in [0, 0.1) is 0 Å². The molecule has 0 aliphatic carbocycles. The lowest BCUT2D eigenvalue weighted by atomic mass is 9.91. The molecule has 0 radical (unpaired) electrons. The van der Waals surface area contributed by atoms with Crippen LogP contribution in [0.1, 0.15) is 31.2 Å². The number of fused-ring (bicyclic) bond motifs is 1. The summed E-state index contributed by atoms with van der Waals surface area (Å²) >= 11 is 5.88. The maximum atomic E-state index is 10.3. The van der Waals surface area contributed by atoms with Crippen molar-refractivity contribution in [3.05, 3.63) is 47.6 Å². The Morgan fingerprint density at radius 3 is 2.89 bits per heavy atom. The van der Waals surface area contributed by atoms with Gasteiger partial charge in [-0.05, 0) is 30.4 Å². The van der Waals surface area contributed by atoms with Crippen molar-refractivity contribution < 1.29 is 5.11 Å². The van der Waals surface area contributed by atoms with Crippen LogP contribution in [0.5, 0.6) is 5.75 Å². The molecule has 0 aliphatic rings. The van der Waals surface area contributed by atoms with Crippen LogP contribution in [0.3, 0.4) is 0 Å². The van der Waals surface area contributed by atoms with Gasteiger partial charge >= 0.3 is 0 Å². The average molecular weight is 262 g/mol. The second-order valence-electron chi connectivity index (χ2n) is 4.41. The van der Waals surface area contributed by atoms with Gasteiger partial charge in [-0.1, -0.05) is 43.3 Å². The summed E-state index contributed by atoms with van der Waals surface area (Å²) in [7, 11) is 0. The van der Waals surface area contributed by atoms with Gasteiger partial charge in [0.1, 0.15) is 11.3 Å². The first-order valence-corrected chi connectivity index (χ1v) is 6.41. The molecular weight excluding hydrogens is 246 g/mol. The molecule has 1 aromatic heterocycles. The molecule has 1 aromatic carbocycles. The summed E-state index contributed by atoms with van der Waals surface area (Å²) < 4.78 is 0. The van der Waals surface area contributed by atoms with Gasteiger partial charge in [-0.15, -0.1) is 0 Å². The van der Waals surface area contributed by atoms with Crippen LogP contribution in [0.4, 0.5) is 0 Å². The van der Waals surface area contributed by atoms with Gasteiger partial charge in [-0.25, -0.2) is 0 Å². The minimum absolute atomic E-state index is 0.182. The zero-order valence-electron chi connectivity index (χ0n) is 10.4. The SMILES string of the molecule is C=C(Cl)CC(CC)c1ccc2cccnc2c1O. The Kier molecular flexibility index (Phi) is 3.87. The number of halogens is 1. The first kappa shape index (κ1) is 12.9. The molecule has 0 amide bonds. The fourth-order valence-corrected chi connectivity index (χ4v) is 2.40. The van der Waals surface area contributed by atoms with E-state index in [4.69, 9.17) is 11.6 Å². The minimum atomic E-state index is 0.182. The third-order valence-corrected chi connectivity index (χ3v) is 3.33. The van der Waals surface area contributed by atoms with Gasteiger partial charge in [0.25, 0.3) is 0 Å². The predicted octanol–water partition coefficient (Wildman–Crippen LogP) is 4.58. The Morgan fingerprint density at radius 2 is 2.22 bits per heavy atom. The third-order valence-electron chi connectivity index (χ3n) is 3.18. The summed E-state index contributed by atoms with van der Waals surface area (Å²) in [6, 6.07) is 7.73. The second-order valence-corrected chi connectivity index (χ2v) is 4.94. The van der Waals surface area contributed by atoms with E-state index >= 15 is 0 Å². The molecule has 1 atom stereocenters. The van der Waals surface area contributed by atoms with Crippen molar-refractivity contribution in [1.29, 1.82) is 0 Å². The molecule has 2 rings (SSSR count). The summed E-state index contributed by atoms with van der Waals surface area (Å²) in [4.78, 5) is 4.23. The van der Waals surface area contributed by atoms with Crippen LogP contribution < -0.4 is 0 Å². The zero-order chi connectivity index (χ0) is 13.1. The molecule has 2 aromatic rings. The number of pyridine rings is 1. The van der Waals surface area contributed by atoms with Crippen molar-refractivity contribution in [2.75, 3.05) is 0 Å². The van der Waals surface area contributed by atoms with Crippen molar-refractivity contribution in [3.63, 3.8) is 0 Å². The largest absolute Gasteiger partial charge is 0.505 e. The smallest absolute Gasteiger partial charge is 0.145 e. The highest BCUT2D eigenvalue weighted by molar-refractivity contribution is 6.29. The number of aromatic nitrogens is 1. The predicted molar refractivity (Wildman–Crippen MR) is 76.0 cm³/mol. The third kappa shape index (κ3) is 2.49. The van der Waals surface area contributed by atoms with Crippen LogP contribution >= 0.6 is 11.6 Å². The van der Waals surface area contributed by atoms with Gasteiger partial charge in [-0.2, -0.15) is 0 Å². The van der Waals surface area contributed by atoms with Crippen LogP contribution in [-0.2, 0) is 0 Å². The first-order chi connectivity index (χ1) is 8.63. The summed E-state index contributed by atoms with van der Waals surface area (Å²) in [5.41, 5.74) is 1.54. The Morgan fingerprint density at radius 1 is 1.44 bits per heavy atom. The van der Waals surface area contributed by atoms with E-state index in [1.807, 2.05) is 24.3 Å². The lowest BCUT2D eigenvalue weighted by Crippen LogP contribution is -1.98. The van der Waals surface area contributed by atoms with Crippen molar-refractivity contribution in [2.24, 2.45) is 0 Å². The van der Waals surface area contributed by atoms with Gasteiger partial charge in [-0.3, -0.25) is 4.98 Å². The van der Waals surface area contributed by atoms with E-state index in [9.17, 15) is 5.11 Å². The number of hydrogen-bond donors (Lipinski definition) is 1. The molecule has 3 heteroatoms. The van der Waals surface area contributed by atoms with Crippen molar-refractivity contribution in [1.82, 2.24) is 4.98 Å². The van der Waals surface area contributed by atoms with E-state index in [1.54, 1.807) is 6.20 Å². The Bertz CT molecular complexity index is 580. The molecule has 0 bridgehead atoms. The molecule has 1 unspecified atom stereocenters. The molecule has 0 saturated heterocycles. The normalized spacial score (nSPS) is 12.6. The number of phenolic OH excluding ortho intramolecular Hbond substituents is 1. The van der Waals surface area contributed by atoms with Crippen LogP contribution in [0.2, 0.25) is 0 Å². The second kappa shape index (κ2) is 5.40. The summed E-state index contributed by atoms with van der Waals surface area (Å²) in [5.74, 6) is 0.444. The highest BCUT2D eigenvalue weighted by Crippen LogP contribution is 2.37. The van der Waals surface area contributed by atoms with E-state index in [0.29, 0.717) is 17.0 Å². The molecule has 1 heterocycles. The molecule has 1 N–H and O–H groups in total. The lowest BCUT2D eigenvalue weighted by molar-refractivity contribution is 0.464. The summed E-state index contributed by atoms with van der Waals surface area (Å²) in [6.45, 7) is 5.80. The Balaban J connectivity index is 2.50. The minimum Gasteiger partial charge on any atom is -0.505 e. The van der Waals surface area contributed by atoms with Gasteiger partial charge in [0.2, 0.25) is 0 Å². The lowest BCUT2D eigenvalue weighted by Gasteiger charge is -2.16. The maximum Gasteiger partial charge on any atom is 0.145 e. The van der Waals surface area contributed by atoms with Gasteiger partial charge in [0.05, 0.1) is 0 Å². The van der Waals surface area contributed by atoms with Crippen LogP contribution in [-0.4, -0.2) is 10.1 Å². The maximum absolute atomic E-state index is 10.3. The van der Waals surface area contributed by atoms with E-state index in [-0.39, 0.29) is 11.7 Å². The molecule has 0 spiro atoms. The number of allylic oxidation sites excluding steroid dienone is 1. The van der Waals surface area contributed by atoms with E-state index in [2.05, 4.69) is 18.5 Å². The molecule has 18 heavy (non-hydrogen) atoms. The molecule has 94 valence electrons. The van der Waals surface area contributed by atoms with Crippen LogP contribution in [0.15, 0.2) is 42.1 Å². The number of benzene rings is 1. The van der Waals surface area contributed by atoms with Crippen molar-refractivity contribution in [3.8, 4) is 5.75 Å².